The van der Waals surface area contributed by atoms with Gasteiger partial charge in [-0.2, -0.15) is 0 Å². The van der Waals surface area contributed by atoms with Gasteiger partial charge >= 0.3 is 6.03 Å². The minimum absolute atomic E-state index is 0.0244. The lowest BCUT2D eigenvalue weighted by Crippen LogP contribution is -2.29. The molecule has 0 unspecified atom stereocenters. The molecular formula is C18H23N3O2. The minimum Gasteiger partial charge on any atom is -0.392 e. The van der Waals surface area contributed by atoms with Crippen molar-refractivity contribution in [2.45, 2.75) is 40.8 Å². The van der Waals surface area contributed by atoms with Crippen LogP contribution in [0.15, 0.2) is 24.3 Å². The lowest BCUT2D eigenvalue weighted by molar-refractivity contribution is 0.251. The number of benzene rings is 1. The average molecular weight is 313 g/mol. The number of nitrogens with zero attached hydrogens (tertiary/aromatic N) is 1. The Kier molecular flexibility index (Phi) is 5.34. The Labute approximate surface area is 136 Å². The number of aliphatic hydroxyl groups excluding tert-OH is 1. The van der Waals surface area contributed by atoms with E-state index in [0.29, 0.717) is 6.54 Å². The van der Waals surface area contributed by atoms with E-state index in [-0.39, 0.29) is 12.6 Å². The van der Waals surface area contributed by atoms with Crippen LogP contribution in [0.3, 0.4) is 0 Å². The molecule has 5 heteroatoms. The van der Waals surface area contributed by atoms with Crippen LogP contribution in [0.1, 0.15) is 33.6 Å². The standard InChI is InChI=1S/C18H23N3O2/c1-11-5-15(10-22)6-12(2)17(11)9-19-18(23)21-16-7-13(3)20-14(4)8-16/h5-8,22H,9-10H2,1-4H3,(H2,19,20,21,23). The van der Waals surface area contributed by atoms with Crippen molar-refractivity contribution >= 4 is 11.7 Å². The zero-order valence-corrected chi connectivity index (χ0v) is 14.0. The first kappa shape index (κ1) is 17.0. The minimum atomic E-state index is -0.250. The molecule has 1 heterocycles. The van der Waals surface area contributed by atoms with E-state index in [1.165, 1.54) is 0 Å². The number of hydrogen-bond acceptors (Lipinski definition) is 3. The average Bonchev–Trinajstić information content (AvgIpc) is 2.44. The van der Waals surface area contributed by atoms with Crippen LogP contribution >= 0.6 is 0 Å². The van der Waals surface area contributed by atoms with Crippen molar-refractivity contribution in [3.8, 4) is 0 Å². The van der Waals surface area contributed by atoms with E-state index in [2.05, 4.69) is 15.6 Å². The van der Waals surface area contributed by atoms with E-state index in [1.807, 2.05) is 52.0 Å². The largest absolute Gasteiger partial charge is 0.392 e. The maximum Gasteiger partial charge on any atom is 0.319 e. The number of aromatic nitrogens is 1. The number of anilines is 1. The van der Waals surface area contributed by atoms with Gasteiger partial charge in [0, 0.05) is 23.6 Å². The topological polar surface area (TPSA) is 74.2 Å². The van der Waals surface area contributed by atoms with Gasteiger partial charge < -0.3 is 15.7 Å². The van der Waals surface area contributed by atoms with Crippen LogP contribution in [0, 0.1) is 27.7 Å². The molecule has 23 heavy (non-hydrogen) atoms. The maximum absolute atomic E-state index is 12.1. The van der Waals surface area contributed by atoms with Gasteiger partial charge in [-0.3, -0.25) is 4.98 Å². The fourth-order valence-electron chi connectivity index (χ4n) is 2.70. The lowest BCUT2D eigenvalue weighted by atomic mass is 9.99. The molecule has 5 nitrogen and oxygen atoms in total. The van der Waals surface area contributed by atoms with Gasteiger partial charge in [0.1, 0.15) is 0 Å². The van der Waals surface area contributed by atoms with Crippen LogP contribution in [0.4, 0.5) is 10.5 Å². The van der Waals surface area contributed by atoms with Crippen LogP contribution < -0.4 is 10.6 Å². The molecule has 0 atom stereocenters. The van der Waals surface area contributed by atoms with Gasteiger partial charge in [0.2, 0.25) is 0 Å². The number of rotatable bonds is 4. The van der Waals surface area contributed by atoms with Crippen molar-refractivity contribution in [2.24, 2.45) is 0 Å². The van der Waals surface area contributed by atoms with Crippen LogP contribution in [0.2, 0.25) is 0 Å². The number of aryl methyl sites for hydroxylation is 4. The zero-order chi connectivity index (χ0) is 17.0. The Morgan fingerprint density at radius 2 is 1.61 bits per heavy atom. The van der Waals surface area contributed by atoms with Crippen molar-refractivity contribution in [2.75, 3.05) is 5.32 Å². The van der Waals surface area contributed by atoms with Crippen molar-refractivity contribution < 1.29 is 9.90 Å². The van der Waals surface area contributed by atoms with Gasteiger partial charge in [-0.1, -0.05) is 12.1 Å². The van der Waals surface area contributed by atoms with Crippen LogP contribution in [-0.2, 0) is 13.2 Å². The summed E-state index contributed by atoms with van der Waals surface area (Å²) in [5.74, 6) is 0. The number of urea groups is 1. The van der Waals surface area contributed by atoms with E-state index in [1.54, 1.807) is 0 Å². The summed E-state index contributed by atoms with van der Waals surface area (Å²) in [5, 5.41) is 14.9. The van der Waals surface area contributed by atoms with Gasteiger partial charge in [0.25, 0.3) is 0 Å². The van der Waals surface area contributed by atoms with E-state index in [0.717, 1.165) is 39.3 Å². The van der Waals surface area contributed by atoms with Crippen molar-refractivity contribution in [3.05, 3.63) is 57.9 Å². The third kappa shape index (κ3) is 4.53. The van der Waals surface area contributed by atoms with E-state index >= 15 is 0 Å². The quantitative estimate of drug-likeness (QED) is 0.812. The Hall–Kier alpha value is -2.40. The molecule has 0 saturated carbocycles. The Balaban J connectivity index is 2.02. The predicted octanol–water partition coefficient (Wildman–Crippen LogP) is 3.13. The highest BCUT2D eigenvalue weighted by Gasteiger charge is 2.08. The van der Waals surface area contributed by atoms with Crippen LogP contribution in [-0.4, -0.2) is 16.1 Å². The second kappa shape index (κ2) is 7.24. The molecule has 0 aliphatic rings. The molecule has 0 bridgehead atoms. The first-order valence-electron chi connectivity index (χ1n) is 7.59. The summed E-state index contributed by atoms with van der Waals surface area (Å²) in [6.07, 6.45) is 0. The second-order valence-electron chi connectivity index (χ2n) is 5.81. The summed E-state index contributed by atoms with van der Waals surface area (Å²) in [7, 11) is 0. The van der Waals surface area contributed by atoms with E-state index < -0.39 is 0 Å². The molecule has 122 valence electrons. The Morgan fingerprint density at radius 3 is 2.13 bits per heavy atom. The summed E-state index contributed by atoms with van der Waals surface area (Å²) in [6.45, 7) is 8.22. The molecule has 0 aliphatic carbocycles. The fourth-order valence-corrected chi connectivity index (χ4v) is 2.70. The van der Waals surface area contributed by atoms with Gasteiger partial charge in [0.15, 0.2) is 0 Å². The predicted molar refractivity (Wildman–Crippen MR) is 91.4 cm³/mol. The van der Waals surface area contributed by atoms with Gasteiger partial charge in [-0.25, -0.2) is 4.79 Å². The van der Waals surface area contributed by atoms with Crippen LogP contribution in [0.5, 0.6) is 0 Å². The number of carbonyl (C=O) groups is 1. The summed E-state index contributed by atoms with van der Waals surface area (Å²) in [5.41, 5.74) is 6.54. The van der Waals surface area contributed by atoms with E-state index in [9.17, 15) is 9.90 Å². The summed E-state index contributed by atoms with van der Waals surface area (Å²) in [4.78, 5) is 16.4. The van der Waals surface area contributed by atoms with Gasteiger partial charge in [-0.15, -0.1) is 0 Å². The molecule has 1 aromatic carbocycles. The highest BCUT2D eigenvalue weighted by molar-refractivity contribution is 5.89. The normalized spacial score (nSPS) is 10.5. The second-order valence-corrected chi connectivity index (χ2v) is 5.81. The summed E-state index contributed by atoms with van der Waals surface area (Å²) >= 11 is 0. The molecule has 0 spiro atoms. The first-order chi connectivity index (χ1) is 10.9. The van der Waals surface area contributed by atoms with Crippen molar-refractivity contribution in [1.29, 1.82) is 0 Å². The van der Waals surface area contributed by atoms with E-state index in [4.69, 9.17) is 0 Å². The molecular weight excluding hydrogens is 290 g/mol. The van der Waals surface area contributed by atoms with Crippen molar-refractivity contribution in [3.63, 3.8) is 0 Å². The maximum atomic E-state index is 12.1. The zero-order valence-electron chi connectivity index (χ0n) is 14.0. The monoisotopic (exact) mass is 313 g/mol. The molecule has 2 amide bonds. The number of amides is 2. The number of pyridine rings is 1. The van der Waals surface area contributed by atoms with Crippen LogP contribution in [0.25, 0.3) is 0 Å². The van der Waals surface area contributed by atoms with Gasteiger partial charge in [0.05, 0.1) is 6.61 Å². The molecule has 1 aromatic heterocycles. The lowest BCUT2D eigenvalue weighted by Gasteiger charge is -2.14. The SMILES string of the molecule is Cc1cc(NC(=O)NCc2c(C)cc(CO)cc2C)cc(C)n1. The number of carbonyl (C=O) groups excluding carboxylic acids is 1. The van der Waals surface area contributed by atoms with Crippen molar-refractivity contribution in [1.82, 2.24) is 10.3 Å². The molecule has 2 rings (SSSR count). The molecule has 0 fully saturated rings. The molecule has 0 radical (unpaired) electrons. The number of aliphatic hydroxyl groups is 1. The third-order valence-corrected chi connectivity index (χ3v) is 3.70. The van der Waals surface area contributed by atoms with Gasteiger partial charge in [-0.05, 0) is 62.1 Å². The molecule has 3 N–H and O–H groups in total. The molecule has 0 aliphatic heterocycles. The smallest absolute Gasteiger partial charge is 0.319 e. The fraction of sp³-hybridized carbons (Fsp3) is 0.333. The molecule has 0 saturated heterocycles. The Morgan fingerprint density at radius 1 is 1.04 bits per heavy atom. The number of hydrogen-bond donors (Lipinski definition) is 3. The third-order valence-electron chi connectivity index (χ3n) is 3.70. The molecule has 2 aromatic rings. The highest BCUT2D eigenvalue weighted by Crippen LogP contribution is 2.17. The summed E-state index contributed by atoms with van der Waals surface area (Å²) < 4.78 is 0. The number of nitrogens with one attached hydrogen (secondary N) is 2. The first-order valence-corrected chi connectivity index (χ1v) is 7.59. The highest BCUT2D eigenvalue weighted by atomic mass is 16.3. The Bertz CT molecular complexity index is 683. The summed E-state index contributed by atoms with van der Waals surface area (Å²) in [6, 6.07) is 7.30.